The van der Waals surface area contributed by atoms with E-state index in [2.05, 4.69) is 29.8 Å². The van der Waals surface area contributed by atoms with Crippen LogP contribution in [0, 0.1) is 34.5 Å². The number of esters is 1. The number of carbonyl (C=O) groups is 2. The van der Waals surface area contributed by atoms with Gasteiger partial charge in [-0.25, -0.2) is 0 Å². The van der Waals surface area contributed by atoms with Gasteiger partial charge in [0.15, 0.2) is 0 Å². The van der Waals surface area contributed by atoms with E-state index in [1.54, 1.807) is 0 Å². The summed E-state index contributed by atoms with van der Waals surface area (Å²) in [6, 6.07) is 0. The Hall–Kier alpha value is -0.580. The minimum absolute atomic E-state index is 0.0760. The number of ether oxygens (including phenoxy) is 1. The summed E-state index contributed by atoms with van der Waals surface area (Å²) in [5.41, 5.74) is 0.120. The average Bonchev–Trinajstić information content (AvgIpc) is 2.71. The fraction of sp³-hybridized carbons (Fsp3) is 0.895. The first-order valence-electron chi connectivity index (χ1n) is 9.24. The highest BCUT2D eigenvalue weighted by Gasteiger charge is 2.70. The Kier molecular flexibility index (Phi) is 3.66. The molecule has 0 unspecified atom stereocenters. The molecule has 3 aliphatic carbocycles. The zero-order chi connectivity index (χ0) is 17.3. The summed E-state index contributed by atoms with van der Waals surface area (Å²) in [4.78, 5) is 23.9. The van der Waals surface area contributed by atoms with Gasteiger partial charge in [-0.3, -0.25) is 9.59 Å². The predicted molar refractivity (Wildman–Crippen MR) is 92.7 cm³/mol. The second-order valence-electron chi connectivity index (χ2n) is 9.48. The summed E-state index contributed by atoms with van der Waals surface area (Å²) in [5, 5.41) is 10.2. The van der Waals surface area contributed by atoms with Gasteiger partial charge in [0, 0.05) is 17.2 Å². The number of carboxylic acid groups (broad SMARTS) is 1. The SMILES string of the molecule is CC1(C)C[C@@H]2[C@@H]1CC[C@]1(CBr)CC[C@H]3[C@@H](CC(=O)O)C(=O)O[C@]23C1. The maximum absolute atomic E-state index is 12.6. The van der Waals surface area contributed by atoms with Crippen LogP contribution in [0.15, 0.2) is 0 Å². The zero-order valence-electron chi connectivity index (χ0n) is 14.5. The first-order valence-corrected chi connectivity index (χ1v) is 10.4. The van der Waals surface area contributed by atoms with Gasteiger partial charge in [0.05, 0.1) is 12.3 Å². The molecule has 3 saturated carbocycles. The summed E-state index contributed by atoms with van der Waals surface area (Å²) in [6.45, 7) is 4.67. The highest BCUT2D eigenvalue weighted by atomic mass is 79.9. The van der Waals surface area contributed by atoms with Crippen LogP contribution in [0.4, 0.5) is 0 Å². The molecule has 2 bridgehead atoms. The fourth-order valence-corrected chi connectivity index (χ4v) is 7.45. The molecule has 4 nitrogen and oxygen atoms in total. The Labute approximate surface area is 151 Å². The molecular formula is C19H27BrO4. The lowest BCUT2D eigenvalue weighted by atomic mass is 9.47. The van der Waals surface area contributed by atoms with Crippen molar-refractivity contribution in [2.45, 2.75) is 64.4 Å². The number of carbonyl (C=O) groups excluding carboxylic acids is 1. The molecule has 4 fully saturated rings. The van der Waals surface area contributed by atoms with E-state index in [4.69, 9.17) is 4.74 Å². The van der Waals surface area contributed by atoms with Gasteiger partial charge in [-0.1, -0.05) is 29.8 Å². The number of halogens is 1. The van der Waals surface area contributed by atoms with Crippen LogP contribution < -0.4 is 0 Å². The molecule has 0 amide bonds. The minimum Gasteiger partial charge on any atom is -0.481 e. The van der Waals surface area contributed by atoms with Crippen molar-refractivity contribution in [2.75, 3.05) is 5.33 Å². The van der Waals surface area contributed by atoms with Gasteiger partial charge in [0.2, 0.25) is 0 Å². The Morgan fingerprint density at radius 1 is 1.25 bits per heavy atom. The zero-order valence-corrected chi connectivity index (χ0v) is 16.1. The van der Waals surface area contributed by atoms with Gasteiger partial charge in [-0.05, 0) is 55.3 Å². The van der Waals surface area contributed by atoms with Crippen LogP contribution in [0.5, 0.6) is 0 Å². The smallest absolute Gasteiger partial charge is 0.310 e. The van der Waals surface area contributed by atoms with Gasteiger partial charge >= 0.3 is 11.9 Å². The number of hydrogen-bond acceptors (Lipinski definition) is 3. The quantitative estimate of drug-likeness (QED) is 0.575. The highest BCUT2D eigenvalue weighted by Crippen LogP contribution is 2.69. The third-order valence-electron chi connectivity index (χ3n) is 7.87. The molecule has 0 radical (unpaired) electrons. The van der Waals surface area contributed by atoms with E-state index in [0.29, 0.717) is 17.3 Å². The number of fused-ring (bicyclic) bond motifs is 2. The molecule has 1 N–H and O–H groups in total. The van der Waals surface area contributed by atoms with Crippen molar-refractivity contribution < 1.29 is 19.4 Å². The Morgan fingerprint density at radius 2 is 1.92 bits per heavy atom. The largest absolute Gasteiger partial charge is 0.481 e. The monoisotopic (exact) mass is 398 g/mol. The topological polar surface area (TPSA) is 63.6 Å². The van der Waals surface area contributed by atoms with Crippen molar-refractivity contribution in [3.63, 3.8) is 0 Å². The second kappa shape index (κ2) is 5.21. The summed E-state index contributed by atoms with van der Waals surface area (Å²) in [7, 11) is 0. The minimum atomic E-state index is -0.884. The molecule has 24 heavy (non-hydrogen) atoms. The molecule has 0 aromatic carbocycles. The van der Waals surface area contributed by atoms with Crippen LogP contribution >= 0.6 is 15.9 Å². The molecule has 1 heterocycles. The lowest BCUT2D eigenvalue weighted by Crippen LogP contribution is -2.59. The molecule has 134 valence electrons. The standard InChI is InChI=1S/C19H27BrO4/c1-17(2)8-14-13(17)4-6-18(10-20)5-3-12-11(7-15(21)22)16(23)24-19(12,14)9-18/h11-14H,3-10H2,1-2H3,(H,21,22)/t11-,12+,13+,14-,18-,19+/m1/s1. The predicted octanol–water partition coefficient (Wildman–Crippen LogP) is 4.01. The van der Waals surface area contributed by atoms with Crippen LogP contribution in [0.25, 0.3) is 0 Å². The lowest BCUT2D eigenvalue weighted by molar-refractivity contribution is -0.191. The van der Waals surface area contributed by atoms with Gasteiger partial charge in [0.25, 0.3) is 0 Å². The number of rotatable bonds is 3. The van der Waals surface area contributed by atoms with Crippen molar-refractivity contribution in [2.24, 2.45) is 34.5 Å². The third-order valence-corrected chi connectivity index (χ3v) is 9.06. The molecule has 5 heteroatoms. The van der Waals surface area contributed by atoms with E-state index in [1.807, 2.05) is 0 Å². The molecule has 1 aliphatic heterocycles. The summed E-state index contributed by atoms with van der Waals surface area (Å²) in [5.74, 6) is -0.478. The number of aliphatic carboxylic acids is 1. The third kappa shape index (κ3) is 2.15. The van der Waals surface area contributed by atoms with Gasteiger partial charge in [0.1, 0.15) is 5.60 Å². The van der Waals surface area contributed by atoms with Gasteiger partial charge in [-0.15, -0.1) is 0 Å². The molecule has 0 aromatic heterocycles. The van der Waals surface area contributed by atoms with E-state index in [1.165, 1.54) is 12.8 Å². The van der Waals surface area contributed by atoms with E-state index in [9.17, 15) is 14.7 Å². The average molecular weight is 399 g/mol. The van der Waals surface area contributed by atoms with Crippen molar-refractivity contribution >= 4 is 27.9 Å². The van der Waals surface area contributed by atoms with Crippen LogP contribution in [0.3, 0.4) is 0 Å². The molecule has 1 saturated heterocycles. The van der Waals surface area contributed by atoms with Crippen molar-refractivity contribution in [1.29, 1.82) is 0 Å². The first kappa shape index (κ1) is 16.9. The Bertz CT molecular complexity index is 588. The summed E-state index contributed by atoms with van der Waals surface area (Å²) >= 11 is 3.74. The molecular weight excluding hydrogens is 372 g/mol. The summed E-state index contributed by atoms with van der Waals surface area (Å²) in [6.07, 6.45) is 6.36. The van der Waals surface area contributed by atoms with Crippen LogP contribution in [0.1, 0.15) is 58.8 Å². The normalized spacial score (nSPS) is 48.5. The van der Waals surface area contributed by atoms with E-state index in [0.717, 1.165) is 31.0 Å². The van der Waals surface area contributed by atoms with Crippen LogP contribution in [-0.2, 0) is 14.3 Å². The van der Waals surface area contributed by atoms with E-state index in [-0.39, 0.29) is 23.7 Å². The molecule has 1 spiro atoms. The number of hydrogen-bond donors (Lipinski definition) is 1. The molecule has 4 aliphatic rings. The number of alkyl halides is 1. The van der Waals surface area contributed by atoms with Crippen molar-refractivity contribution in [3.05, 3.63) is 0 Å². The number of carboxylic acids is 1. The van der Waals surface area contributed by atoms with Crippen LogP contribution in [-0.4, -0.2) is 28.0 Å². The summed E-state index contributed by atoms with van der Waals surface area (Å²) < 4.78 is 6.15. The van der Waals surface area contributed by atoms with Crippen LogP contribution in [0.2, 0.25) is 0 Å². The second-order valence-corrected chi connectivity index (χ2v) is 10.0. The maximum Gasteiger partial charge on any atom is 0.310 e. The Morgan fingerprint density at radius 3 is 2.50 bits per heavy atom. The fourth-order valence-electron chi connectivity index (χ4n) is 6.69. The van der Waals surface area contributed by atoms with E-state index < -0.39 is 17.5 Å². The van der Waals surface area contributed by atoms with Crippen molar-refractivity contribution in [1.82, 2.24) is 0 Å². The van der Waals surface area contributed by atoms with Gasteiger partial charge in [-0.2, -0.15) is 0 Å². The van der Waals surface area contributed by atoms with Crippen molar-refractivity contribution in [3.8, 4) is 0 Å². The van der Waals surface area contributed by atoms with Gasteiger partial charge < -0.3 is 9.84 Å². The maximum atomic E-state index is 12.6. The molecule has 0 aromatic rings. The first-order chi connectivity index (χ1) is 11.2. The molecule has 4 rings (SSSR count). The highest BCUT2D eigenvalue weighted by molar-refractivity contribution is 9.09. The lowest BCUT2D eigenvalue weighted by Gasteiger charge is -2.59. The Balaban J connectivity index is 1.75. The molecule has 6 atom stereocenters. The van der Waals surface area contributed by atoms with E-state index >= 15 is 0 Å².